The minimum absolute atomic E-state index is 0.126. The molecule has 0 spiro atoms. The van der Waals surface area contributed by atoms with Gasteiger partial charge in [0.15, 0.2) is 10.8 Å². The molecule has 1 aliphatic rings. The maximum atomic E-state index is 13.5. The van der Waals surface area contributed by atoms with Crippen LogP contribution in [0, 0.1) is 0 Å². The summed E-state index contributed by atoms with van der Waals surface area (Å²) in [7, 11) is 0. The SMILES string of the molecule is CCCn1c(=O)[nH]c(=O)c2c(C(=O)Nc3nc4c(ccc5ccccc54)s3)cc(C3CC3)nc21. The molecule has 0 atom stereocenters. The van der Waals surface area contributed by atoms with E-state index in [1.165, 1.54) is 15.9 Å². The van der Waals surface area contributed by atoms with Gasteiger partial charge in [-0.3, -0.25) is 24.5 Å². The van der Waals surface area contributed by atoms with Gasteiger partial charge in [0.25, 0.3) is 11.5 Å². The highest BCUT2D eigenvalue weighted by Gasteiger charge is 2.29. The molecule has 9 heteroatoms. The Hall–Kier alpha value is -3.85. The Bertz CT molecular complexity index is 1730. The molecule has 6 rings (SSSR count). The molecular formula is C25H21N5O3S. The van der Waals surface area contributed by atoms with E-state index in [1.807, 2.05) is 43.3 Å². The molecule has 5 aromatic rings. The number of pyridine rings is 1. The third-order valence-corrected chi connectivity index (χ3v) is 7.10. The van der Waals surface area contributed by atoms with Crippen molar-refractivity contribution < 1.29 is 4.79 Å². The van der Waals surface area contributed by atoms with Crippen LogP contribution in [0.5, 0.6) is 0 Å². The first-order chi connectivity index (χ1) is 16.5. The van der Waals surface area contributed by atoms with E-state index >= 15 is 0 Å². The van der Waals surface area contributed by atoms with E-state index in [0.29, 0.717) is 18.1 Å². The summed E-state index contributed by atoms with van der Waals surface area (Å²) < 4.78 is 2.41. The second-order valence-corrected chi connectivity index (χ2v) is 9.62. The largest absolute Gasteiger partial charge is 0.329 e. The first kappa shape index (κ1) is 20.7. The predicted octanol–water partition coefficient (Wildman–Crippen LogP) is 4.39. The number of H-pyrrole nitrogens is 1. The number of rotatable bonds is 5. The van der Waals surface area contributed by atoms with Crippen LogP contribution in [0.1, 0.15) is 48.2 Å². The van der Waals surface area contributed by atoms with E-state index in [-0.39, 0.29) is 22.5 Å². The molecule has 0 saturated heterocycles. The zero-order chi connectivity index (χ0) is 23.4. The lowest BCUT2D eigenvalue weighted by molar-refractivity contribution is 0.102. The Morgan fingerprint density at radius 3 is 2.79 bits per heavy atom. The van der Waals surface area contributed by atoms with Gasteiger partial charge in [0, 0.05) is 23.5 Å². The van der Waals surface area contributed by atoms with E-state index in [1.54, 1.807) is 6.07 Å². The van der Waals surface area contributed by atoms with Crippen molar-refractivity contribution in [1.82, 2.24) is 19.5 Å². The number of carbonyl (C=O) groups is 1. The van der Waals surface area contributed by atoms with Crippen molar-refractivity contribution >= 4 is 54.4 Å². The molecule has 3 heterocycles. The molecule has 0 radical (unpaired) electrons. The number of nitrogens with zero attached hydrogens (tertiary/aromatic N) is 3. The standard InChI is InChI=1S/C25H21N5O3S/c1-2-11-30-21-19(23(32)29-25(30)33)16(12-17(26-21)14-7-8-14)22(31)28-24-27-20-15-6-4-3-5-13(15)9-10-18(20)34-24/h3-6,9-10,12,14H,2,7-8,11H2,1H3,(H,27,28,31)(H,29,32,33). The Morgan fingerprint density at radius 1 is 1.18 bits per heavy atom. The van der Waals surface area contributed by atoms with E-state index in [0.717, 1.165) is 39.5 Å². The summed E-state index contributed by atoms with van der Waals surface area (Å²) in [6.07, 6.45) is 2.65. The summed E-state index contributed by atoms with van der Waals surface area (Å²) in [5, 5.41) is 5.56. The molecule has 1 saturated carbocycles. The Labute approximate surface area is 197 Å². The maximum absolute atomic E-state index is 13.5. The number of fused-ring (bicyclic) bond motifs is 4. The zero-order valence-corrected chi connectivity index (χ0v) is 19.2. The van der Waals surface area contributed by atoms with Crippen molar-refractivity contribution in [3.63, 3.8) is 0 Å². The highest BCUT2D eigenvalue weighted by molar-refractivity contribution is 7.22. The minimum Gasteiger partial charge on any atom is -0.298 e. The number of anilines is 1. The van der Waals surface area contributed by atoms with E-state index < -0.39 is 17.2 Å². The predicted molar refractivity (Wildman–Crippen MR) is 134 cm³/mol. The smallest absolute Gasteiger partial charge is 0.298 e. The average molecular weight is 472 g/mol. The fourth-order valence-corrected chi connectivity index (χ4v) is 5.25. The number of benzene rings is 2. The van der Waals surface area contributed by atoms with Crippen molar-refractivity contribution in [1.29, 1.82) is 0 Å². The molecule has 1 fully saturated rings. The normalized spacial score (nSPS) is 13.7. The minimum atomic E-state index is -0.609. The van der Waals surface area contributed by atoms with Gasteiger partial charge in [0.05, 0.1) is 21.2 Å². The van der Waals surface area contributed by atoms with Crippen molar-refractivity contribution in [3.05, 3.63) is 74.6 Å². The summed E-state index contributed by atoms with van der Waals surface area (Å²) >= 11 is 1.38. The van der Waals surface area contributed by atoms with Gasteiger partial charge in [-0.1, -0.05) is 48.6 Å². The third kappa shape index (κ3) is 3.40. The van der Waals surface area contributed by atoms with E-state index in [2.05, 4.69) is 20.3 Å². The molecule has 8 nitrogen and oxygen atoms in total. The number of hydrogen-bond acceptors (Lipinski definition) is 6. The molecule has 1 aliphatic carbocycles. The second kappa shape index (κ2) is 7.88. The lowest BCUT2D eigenvalue weighted by Crippen LogP contribution is -2.32. The number of thiazole rings is 1. The van der Waals surface area contributed by atoms with Crippen LogP contribution in [0.4, 0.5) is 5.13 Å². The van der Waals surface area contributed by atoms with Gasteiger partial charge >= 0.3 is 5.69 Å². The first-order valence-corrected chi connectivity index (χ1v) is 12.1. The molecule has 2 aromatic carbocycles. The number of carbonyl (C=O) groups excluding carboxylic acids is 1. The third-order valence-electron chi connectivity index (χ3n) is 6.16. The molecule has 0 aliphatic heterocycles. The van der Waals surface area contributed by atoms with Crippen LogP contribution in [0.2, 0.25) is 0 Å². The van der Waals surface area contributed by atoms with Crippen LogP contribution in [0.25, 0.3) is 32.0 Å². The molecule has 1 amide bonds. The fraction of sp³-hybridized carbons (Fsp3) is 0.240. The van der Waals surface area contributed by atoms with Crippen LogP contribution in [0.15, 0.2) is 52.1 Å². The molecule has 34 heavy (non-hydrogen) atoms. The van der Waals surface area contributed by atoms with Crippen LogP contribution < -0.4 is 16.6 Å². The number of aryl methyl sites for hydroxylation is 1. The molecule has 0 bridgehead atoms. The number of aromatic amines is 1. The number of amides is 1. The van der Waals surface area contributed by atoms with Gasteiger partial charge in [0.1, 0.15) is 0 Å². The molecule has 0 unspecified atom stereocenters. The van der Waals surface area contributed by atoms with Crippen LogP contribution in [-0.2, 0) is 6.54 Å². The summed E-state index contributed by atoms with van der Waals surface area (Å²) in [6, 6.07) is 13.7. The number of nitrogens with one attached hydrogen (secondary N) is 2. The maximum Gasteiger partial charge on any atom is 0.329 e. The van der Waals surface area contributed by atoms with E-state index in [9.17, 15) is 14.4 Å². The Balaban J connectivity index is 1.49. The summed E-state index contributed by atoms with van der Waals surface area (Å²) in [4.78, 5) is 50.4. The van der Waals surface area contributed by atoms with Gasteiger partial charge in [-0.15, -0.1) is 0 Å². The van der Waals surface area contributed by atoms with Gasteiger partial charge in [-0.25, -0.2) is 14.8 Å². The summed E-state index contributed by atoms with van der Waals surface area (Å²) in [6.45, 7) is 2.35. The lowest BCUT2D eigenvalue weighted by Gasteiger charge is -2.12. The van der Waals surface area contributed by atoms with Crippen LogP contribution in [-0.4, -0.2) is 25.4 Å². The first-order valence-electron chi connectivity index (χ1n) is 11.3. The van der Waals surface area contributed by atoms with Crippen molar-refractivity contribution in [2.45, 2.75) is 38.6 Å². The second-order valence-electron chi connectivity index (χ2n) is 8.59. The van der Waals surface area contributed by atoms with Crippen molar-refractivity contribution in [2.75, 3.05) is 5.32 Å². The molecular weight excluding hydrogens is 450 g/mol. The topological polar surface area (TPSA) is 110 Å². The van der Waals surface area contributed by atoms with Crippen LogP contribution in [0.3, 0.4) is 0 Å². The number of aromatic nitrogens is 4. The Kier molecular flexibility index (Phi) is 4.80. The van der Waals surface area contributed by atoms with Gasteiger partial charge < -0.3 is 0 Å². The fourth-order valence-electron chi connectivity index (χ4n) is 4.37. The summed E-state index contributed by atoms with van der Waals surface area (Å²) in [5.74, 6) is -0.195. The number of hydrogen-bond donors (Lipinski definition) is 2. The Morgan fingerprint density at radius 2 is 2.00 bits per heavy atom. The lowest BCUT2D eigenvalue weighted by atomic mass is 10.1. The van der Waals surface area contributed by atoms with Crippen molar-refractivity contribution in [3.8, 4) is 0 Å². The van der Waals surface area contributed by atoms with Crippen molar-refractivity contribution in [2.24, 2.45) is 0 Å². The zero-order valence-electron chi connectivity index (χ0n) is 18.4. The molecule has 2 N–H and O–H groups in total. The highest BCUT2D eigenvalue weighted by atomic mass is 32.1. The monoisotopic (exact) mass is 471 g/mol. The van der Waals surface area contributed by atoms with Gasteiger partial charge in [-0.2, -0.15) is 0 Å². The molecule has 3 aromatic heterocycles. The van der Waals surface area contributed by atoms with Gasteiger partial charge in [0.2, 0.25) is 0 Å². The highest BCUT2D eigenvalue weighted by Crippen LogP contribution is 2.40. The van der Waals surface area contributed by atoms with E-state index in [4.69, 9.17) is 0 Å². The quantitative estimate of drug-likeness (QED) is 0.395. The molecule has 170 valence electrons. The average Bonchev–Trinajstić information content (AvgIpc) is 3.60. The summed E-state index contributed by atoms with van der Waals surface area (Å²) in [5.41, 5.74) is 0.920. The van der Waals surface area contributed by atoms with Crippen LogP contribution >= 0.6 is 11.3 Å². The van der Waals surface area contributed by atoms with Gasteiger partial charge in [-0.05, 0) is 36.8 Å².